The van der Waals surface area contributed by atoms with E-state index in [9.17, 15) is 0 Å². The zero-order valence-corrected chi connectivity index (χ0v) is 37.1. The molecule has 5 aliphatic heterocycles. The number of hydrogen-bond donors (Lipinski definition) is 0. The standard InChI is InChI=1S/C9H20N2.2C9H19N.C8H17NO.C8H17N/c1-9(2,3)11-7-5-10(4)6-8-11;2*1-9(2,3)10-7-5-4-6-8-10;1-8(2,3)9-4-6-10-7-5-9;1-8(2,3)9-6-4-5-7-9/h5-8H2,1-4H3;2*4-8H2,1-3H3;4-7H2,1-3H3;4-7H2,1-3H3. The van der Waals surface area contributed by atoms with Crippen LogP contribution in [0.3, 0.4) is 0 Å². The number of ether oxygens (including phenoxy) is 1. The Morgan fingerprint density at radius 2 is 0.500 bits per heavy atom. The normalized spacial score (nSPS) is 23.3. The Bertz CT molecular complexity index is 761. The fraction of sp³-hybridized carbons (Fsp3) is 1.00. The molecule has 5 saturated heterocycles. The molecule has 7 heteroatoms. The molecule has 5 rings (SSSR count). The van der Waals surface area contributed by atoms with Gasteiger partial charge in [-0.15, -0.1) is 0 Å². The van der Waals surface area contributed by atoms with Gasteiger partial charge in [-0.05, 0) is 189 Å². The Kier molecular flexibility index (Phi) is 21.2. The first kappa shape index (κ1) is 47.7. The van der Waals surface area contributed by atoms with Crippen LogP contribution in [0.15, 0.2) is 0 Å². The molecule has 5 aliphatic rings. The second-order valence-corrected chi connectivity index (χ2v) is 20.5. The van der Waals surface area contributed by atoms with Gasteiger partial charge in [-0.3, -0.25) is 24.5 Å². The van der Waals surface area contributed by atoms with Crippen molar-refractivity contribution >= 4 is 0 Å². The number of rotatable bonds is 0. The molecule has 0 aromatic heterocycles. The van der Waals surface area contributed by atoms with Gasteiger partial charge in [0.1, 0.15) is 0 Å². The van der Waals surface area contributed by atoms with Gasteiger partial charge in [0.2, 0.25) is 0 Å². The van der Waals surface area contributed by atoms with Crippen LogP contribution in [0.2, 0.25) is 0 Å². The summed E-state index contributed by atoms with van der Waals surface area (Å²) in [5, 5.41) is 0. The van der Waals surface area contributed by atoms with Crippen molar-refractivity contribution in [3.63, 3.8) is 0 Å². The lowest BCUT2D eigenvalue weighted by Crippen LogP contribution is -2.52. The first-order valence-corrected chi connectivity index (χ1v) is 20.9. The van der Waals surface area contributed by atoms with E-state index in [4.69, 9.17) is 4.74 Å². The lowest BCUT2D eigenvalue weighted by molar-refractivity contribution is -0.00389. The molecular weight excluding hydrogens is 617 g/mol. The van der Waals surface area contributed by atoms with Crippen LogP contribution >= 0.6 is 0 Å². The number of morpholine rings is 1. The molecule has 0 N–H and O–H groups in total. The molecule has 0 saturated carbocycles. The predicted octanol–water partition coefficient (Wildman–Crippen LogP) is 8.57. The second-order valence-electron chi connectivity index (χ2n) is 20.5. The number of likely N-dealkylation sites (N-methyl/N-ethyl adjacent to an activating group) is 1. The average Bonchev–Trinajstić information content (AvgIpc) is 3.59. The highest BCUT2D eigenvalue weighted by Crippen LogP contribution is 2.21. The molecule has 7 nitrogen and oxygen atoms in total. The summed E-state index contributed by atoms with van der Waals surface area (Å²) in [6, 6.07) is 0. The molecule has 0 amide bonds. The fourth-order valence-corrected chi connectivity index (χ4v) is 7.23. The molecule has 0 spiro atoms. The fourth-order valence-electron chi connectivity index (χ4n) is 7.23. The van der Waals surface area contributed by atoms with Crippen LogP contribution in [0.25, 0.3) is 0 Å². The van der Waals surface area contributed by atoms with Crippen LogP contribution < -0.4 is 0 Å². The van der Waals surface area contributed by atoms with Crippen LogP contribution in [-0.2, 0) is 4.74 Å². The maximum Gasteiger partial charge on any atom is 0.0594 e. The van der Waals surface area contributed by atoms with E-state index in [0.29, 0.717) is 27.7 Å². The van der Waals surface area contributed by atoms with Gasteiger partial charge >= 0.3 is 0 Å². The molecule has 0 aromatic carbocycles. The molecule has 0 bridgehead atoms. The third-order valence-corrected chi connectivity index (χ3v) is 11.1. The molecule has 0 radical (unpaired) electrons. The van der Waals surface area contributed by atoms with Crippen molar-refractivity contribution in [2.45, 2.75) is 183 Å². The average molecular weight is 709 g/mol. The molecule has 0 aliphatic carbocycles. The van der Waals surface area contributed by atoms with E-state index >= 15 is 0 Å². The van der Waals surface area contributed by atoms with Crippen molar-refractivity contribution in [2.75, 3.05) is 98.8 Å². The molecule has 5 fully saturated rings. The van der Waals surface area contributed by atoms with Gasteiger partial charge in [0.15, 0.2) is 0 Å². The van der Waals surface area contributed by atoms with Crippen molar-refractivity contribution in [1.29, 1.82) is 0 Å². The van der Waals surface area contributed by atoms with Gasteiger partial charge in [-0.1, -0.05) is 12.8 Å². The Morgan fingerprint density at radius 3 is 0.720 bits per heavy atom. The Balaban J connectivity index is 0.000000313. The van der Waals surface area contributed by atoms with Crippen molar-refractivity contribution < 1.29 is 4.74 Å². The van der Waals surface area contributed by atoms with Gasteiger partial charge in [0.25, 0.3) is 0 Å². The lowest BCUT2D eigenvalue weighted by Gasteiger charge is -2.41. The zero-order chi connectivity index (χ0) is 38.2. The summed E-state index contributed by atoms with van der Waals surface area (Å²) in [7, 11) is 2.19. The topological polar surface area (TPSA) is 28.7 Å². The van der Waals surface area contributed by atoms with Crippen LogP contribution in [0.4, 0.5) is 0 Å². The number of nitrogens with zero attached hydrogens (tertiary/aromatic N) is 6. The van der Waals surface area contributed by atoms with E-state index in [-0.39, 0.29) is 0 Å². The zero-order valence-electron chi connectivity index (χ0n) is 37.1. The van der Waals surface area contributed by atoms with E-state index in [1.54, 1.807) is 0 Å². The summed E-state index contributed by atoms with van der Waals surface area (Å²) in [6.45, 7) is 51.0. The lowest BCUT2D eigenvalue weighted by atomic mass is 10.0. The van der Waals surface area contributed by atoms with Crippen LogP contribution in [0.1, 0.15) is 155 Å². The smallest absolute Gasteiger partial charge is 0.0594 e. The maximum atomic E-state index is 5.25. The number of hydrogen-bond acceptors (Lipinski definition) is 7. The Labute approximate surface area is 315 Å². The molecular formula is C43H92N6O. The van der Waals surface area contributed by atoms with Gasteiger partial charge in [0, 0.05) is 67.0 Å². The highest BCUT2D eigenvalue weighted by molar-refractivity contribution is 4.82. The minimum absolute atomic E-state index is 0.323. The summed E-state index contributed by atoms with van der Waals surface area (Å²) >= 11 is 0. The summed E-state index contributed by atoms with van der Waals surface area (Å²) in [5.74, 6) is 0. The van der Waals surface area contributed by atoms with E-state index in [1.807, 2.05) is 0 Å². The van der Waals surface area contributed by atoms with E-state index in [2.05, 4.69) is 140 Å². The number of piperazine rings is 1. The van der Waals surface area contributed by atoms with Crippen molar-refractivity contribution in [3.8, 4) is 0 Å². The molecule has 50 heavy (non-hydrogen) atoms. The largest absolute Gasteiger partial charge is 0.379 e. The second kappa shape index (κ2) is 22.2. The van der Waals surface area contributed by atoms with Crippen molar-refractivity contribution in [2.24, 2.45) is 0 Å². The van der Waals surface area contributed by atoms with E-state index in [1.165, 1.54) is 117 Å². The highest BCUT2D eigenvalue weighted by Gasteiger charge is 2.26. The Morgan fingerprint density at radius 1 is 0.280 bits per heavy atom. The molecule has 0 atom stereocenters. The van der Waals surface area contributed by atoms with Crippen LogP contribution in [-0.4, -0.2) is 156 Å². The van der Waals surface area contributed by atoms with Crippen LogP contribution in [0.5, 0.6) is 0 Å². The summed E-state index contributed by atoms with van der Waals surface area (Å²) in [4.78, 5) is 15.1. The minimum atomic E-state index is 0.323. The van der Waals surface area contributed by atoms with Crippen LogP contribution in [0, 0.1) is 0 Å². The molecule has 5 heterocycles. The van der Waals surface area contributed by atoms with Gasteiger partial charge in [-0.2, -0.15) is 0 Å². The first-order chi connectivity index (χ1) is 22.9. The van der Waals surface area contributed by atoms with Crippen molar-refractivity contribution in [1.82, 2.24) is 29.4 Å². The maximum absolute atomic E-state index is 5.25. The molecule has 0 aromatic rings. The Hall–Kier alpha value is -0.280. The third-order valence-electron chi connectivity index (χ3n) is 11.1. The van der Waals surface area contributed by atoms with Gasteiger partial charge < -0.3 is 9.64 Å². The predicted molar refractivity (Wildman–Crippen MR) is 222 cm³/mol. The SMILES string of the molecule is CC(C)(C)N1CCCC1.CC(C)(C)N1CCCCC1.CC(C)(C)N1CCCCC1.CC(C)(C)N1CCOCC1.CN1CCN(C(C)(C)C)CC1. The first-order valence-electron chi connectivity index (χ1n) is 20.9. The molecule has 300 valence electrons. The summed E-state index contributed by atoms with van der Waals surface area (Å²) in [5.41, 5.74) is 1.91. The van der Waals surface area contributed by atoms with E-state index in [0.717, 1.165) is 26.3 Å². The summed E-state index contributed by atoms with van der Waals surface area (Å²) in [6.07, 6.45) is 11.3. The minimum Gasteiger partial charge on any atom is -0.379 e. The van der Waals surface area contributed by atoms with E-state index < -0.39 is 0 Å². The number of likely N-dealkylation sites (tertiary alicyclic amines) is 3. The van der Waals surface area contributed by atoms with Crippen molar-refractivity contribution in [3.05, 3.63) is 0 Å². The monoisotopic (exact) mass is 709 g/mol. The number of piperidine rings is 2. The van der Waals surface area contributed by atoms with Gasteiger partial charge in [-0.25, -0.2) is 0 Å². The highest BCUT2D eigenvalue weighted by atomic mass is 16.5. The third kappa shape index (κ3) is 20.8. The van der Waals surface area contributed by atoms with Gasteiger partial charge in [0.05, 0.1) is 13.2 Å². The summed E-state index contributed by atoms with van der Waals surface area (Å²) < 4.78 is 5.25. The quantitative estimate of drug-likeness (QED) is 0.249. The molecule has 0 unspecified atom stereocenters.